The first-order valence-electron chi connectivity index (χ1n) is 8.96. The molecule has 1 saturated heterocycles. The van der Waals surface area contributed by atoms with Crippen LogP contribution in [0.5, 0.6) is 0 Å². The molecule has 1 aliphatic rings. The van der Waals surface area contributed by atoms with Crippen LogP contribution in [-0.2, 0) is 13.0 Å². The molecule has 0 bridgehead atoms. The largest absolute Gasteiger partial charge is 0.338 e. The third-order valence-corrected chi connectivity index (χ3v) is 4.85. The lowest BCUT2D eigenvalue weighted by molar-refractivity contribution is 0.0622. The van der Waals surface area contributed by atoms with Crippen LogP contribution in [0.3, 0.4) is 0 Å². The second kappa shape index (κ2) is 7.20. The Morgan fingerprint density at radius 2 is 1.83 bits per heavy atom. The Morgan fingerprint density at radius 3 is 2.46 bits per heavy atom. The van der Waals surface area contributed by atoms with Gasteiger partial charge in [0.15, 0.2) is 0 Å². The predicted molar refractivity (Wildman–Crippen MR) is 96.0 cm³/mol. The summed E-state index contributed by atoms with van der Waals surface area (Å²) in [6.07, 6.45) is 3.78. The summed E-state index contributed by atoms with van der Waals surface area (Å²) in [6.45, 7) is 8.98. The van der Waals surface area contributed by atoms with Gasteiger partial charge in [0.05, 0.1) is 24.0 Å². The number of rotatable bonds is 4. The molecule has 1 aromatic heterocycles. The van der Waals surface area contributed by atoms with Gasteiger partial charge in [0.25, 0.3) is 5.91 Å². The molecule has 2 aromatic rings. The van der Waals surface area contributed by atoms with Crippen molar-refractivity contribution in [1.82, 2.24) is 14.7 Å². The maximum Gasteiger partial charge on any atom is 0.257 e. The Labute approximate surface area is 144 Å². The van der Waals surface area contributed by atoms with Crippen molar-refractivity contribution < 1.29 is 4.79 Å². The van der Waals surface area contributed by atoms with Crippen LogP contribution >= 0.6 is 0 Å². The summed E-state index contributed by atoms with van der Waals surface area (Å²) in [7, 11) is 0. The first kappa shape index (κ1) is 16.7. The minimum Gasteiger partial charge on any atom is -0.338 e. The summed E-state index contributed by atoms with van der Waals surface area (Å²) in [6, 6.07) is 10.3. The molecule has 3 rings (SSSR count). The molecule has 0 N–H and O–H groups in total. The van der Waals surface area contributed by atoms with E-state index in [4.69, 9.17) is 0 Å². The highest BCUT2D eigenvalue weighted by Crippen LogP contribution is 2.23. The maximum atomic E-state index is 13.0. The minimum absolute atomic E-state index is 0.143. The van der Waals surface area contributed by atoms with Gasteiger partial charge in [-0.1, -0.05) is 51.1 Å². The molecular formula is C20H27N3O. The van der Waals surface area contributed by atoms with Gasteiger partial charge in [0.2, 0.25) is 0 Å². The fourth-order valence-corrected chi connectivity index (χ4v) is 3.85. The zero-order chi connectivity index (χ0) is 17.1. The van der Waals surface area contributed by atoms with Crippen molar-refractivity contribution in [3.8, 4) is 0 Å². The fraction of sp³-hybridized carbons (Fsp3) is 0.500. The highest BCUT2D eigenvalue weighted by Gasteiger charge is 2.28. The van der Waals surface area contributed by atoms with Crippen LogP contribution in [0.2, 0.25) is 0 Å². The number of amides is 1. The van der Waals surface area contributed by atoms with Crippen molar-refractivity contribution in [3.63, 3.8) is 0 Å². The predicted octanol–water partition coefficient (Wildman–Crippen LogP) is 3.61. The van der Waals surface area contributed by atoms with Crippen LogP contribution in [0.25, 0.3) is 0 Å². The molecular weight excluding hydrogens is 298 g/mol. The van der Waals surface area contributed by atoms with E-state index in [0.717, 1.165) is 30.8 Å². The van der Waals surface area contributed by atoms with E-state index >= 15 is 0 Å². The molecule has 2 unspecified atom stereocenters. The number of piperidine rings is 1. The number of benzene rings is 1. The van der Waals surface area contributed by atoms with Gasteiger partial charge in [0, 0.05) is 13.1 Å². The zero-order valence-corrected chi connectivity index (χ0v) is 14.9. The number of likely N-dealkylation sites (tertiary alicyclic amines) is 1. The first-order valence-corrected chi connectivity index (χ1v) is 8.96. The molecule has 2 atom stereocenters. The van der Waals surface area contributed by atoms with E-state index in [0.29, 0.717) is 18.4 Å². The van der Waals surface area contributed by atoms with Crippen molar-refractivity contribution in [2.75, 3.05) is 13.1 Å². The Balaban J connectivity index is 1.82. The molecule has 1 aromatic carbocycles. The molecule has 0 aliphatic carbocycles. The van der Waals surface area contributed by atoms with Crippen molar-refractivity contribution in [3.05, 3.63) is 53.3 Å². The lowest BCUT2D eigenvalue weighted by atomic mass is 9.91. The highest BCUT2D eigenvalue weighted by atomic mass is 16.2. The zero-order valence-electron chi connectivity index (χ0n) is 14.9. The van der Waals surface area contributed by atoms with Crippen molar-refractivity contribution in [2.24, 2.45) is 11.8 Å². The Morgan fingerprint density at radius 1 is 1.17 bits per heavy atom. The summed E-state index contributed by atoms with van der Waals surface area (Å²) in [5.41, 5.74) is 3.01. The third kappa shape index (κ3) is 3.53. The van der Waals surface area contributed by atoms with Crippen LogP contribution in [0.15, 0.2) is 36.5 Å². The number of aromatic nitrogens is 2. The highest BCUT2D eigenvalue weighted by molar-refractivity contribution is 5.95. The monoisotopic (exact) mass is 325 g/mol. The molecule has 1 aliphatic heterocycles. The van der Waals surface area contributed by atoms with Crippen molar-refractivity contribution in [2.45, 2.75) is 40.2 Å². The summed E-state index contributed by atoms with van der Waals surface area (Å²) < 4.78 is 1.97. The lowest BCUT2D eigenvalue weighted by Gasteiger charge is -2.35. The smallest absolute Gasteiger partial charge is 0.257 e. The Hall–Kier alpha value is -2.10. The van der Waals surface area contributed by atoms with Gasteiger partial charge in [-0.25, -0.2) is 0 Å². The van der Waals surface area contributed by atoms with Gasteiger partial charge in [-0.05, 0) is 30.2 Å². The van der Waals surface area contributed by atoms with Gasteiger partial charge in [0.1, 0.15) is 0 Å². The van der Waals surface area contributed by atoms with Crippen molar-refractivity contribution in [1.29, 1.82) is 0 Å². The average molecular weight is 325 g/mol. The molecule has 4 heteroatoms. The number of hydrogen-bond acceptors (Lipinski definition) is 2. The molecule has 128 valence electrons. The van der Waals surface area contributed by atoms with Gasteiger partial charge >= 0.3 is 0 Å². The average Bonchev–Trinajstić information content (AvgIpc) is 2.96. The summed E-state index contributed by atoms with van der Waals surface area (Å²) in [4.78, 5) is 15.0. The van der Waals surface area contributed by atoms with Crippen LogP contribution in [0, 0.1) is 11.8 Å². The number of carbonyl (C=O) groups excluding carboxylic acids is 1. The molecule has 0 spiro atoms. The summed E-state index contributed by atoms with van der Waals surface area (Å²) >= 11 is 0. The Kier molecular flexibility index (Phi) is 5.03. The number of nitrogens with zero attached hydrogens (tertiary/aromatic N) is 3. The standard InChI is InChI=1S/C20H27N3O/c1-4-19-18(20(24)22-12-15(2)10-16(3)13-22)11-21-23(19)14-17-8-6-5-7-9-17/h5-9,11,15-16H,4,10,12-14H2,1-3H3. The van der Waals surface area contributed by atoms with E-state index in [9.17, 15) is 4.79 Å². The maximum absolute atomic E-state index is 13.0. The van der Waals surface area contributed by atoms with E-state index in [-0.39, 0.29) is 5.91 Å². The van der Waals surface area contributed by atoms with Crippen LogP contribution in [0.4, 0.5) is 0 Å². The SMILES string of the molecule is CCc1c(C(=O)N2CC(C)CC(C)C2)cnn1Cc1ccccc1. The minimum atomic E-state index is 0.143. The van der Waals surface area contributed by atoms with E-state index in [1.165, 1.54) is 12.0 Å². The van der Waals surface area contributed by atoms with Gasteiger partial charge in [-0.3, -0.25) is 9.48 Å². The Bertz CT molecular complexity index is 682. The molecule has 24 heavy (non-hydrogen) atoms. The third-order valence-electron chi connectivity index (χ3n) is 4.85. The van der Waals surface area contributed by atoms with Gasteiger partial charge in [-0.2, -0.15) is 5.10 Å². The molecule has 0 saturated carbocycles. The van der Waals surface area contributed by atoms with Gasteiger partial charge < -0.3 is 4.90 Å². The van der Waals surface area contributed by atoms with Crippen LogP contribution < -0.4 is 0 Å². The topological polar surface area (TPSA) is 38.1 Å². The lowest BCUT2D eigenvalue weighted by Crippen LogP contribution is -2.42. The summed E-state index contributed by atoms with van der Waals surface area (Å²) in [5, 5.41) is 4.51. The number of carbonyl (C=O) groups is 1. The fourth-order valence-electron chi connectivity index (χ4n) is 3.85. The van der Waals surface area contributed by atoms with E-state index in [1.807, 2.05) is 27.8 Å². The second-order valence-electron chi connectivity index (χ2n) is 7.16. The molecule has 1 amide bonds. The molecule has 2 heterocycles. The van der Waals surface area contributed by atoms with Crippen molar-refractivity contribution >= 4 is 5.91 Å². The molecule has 4 nitrogen and oxygen atoms in total. The second-order valence-corrected chi connectivity index (χ2v) is 7.16. The quantitative estimate of drug-likeness (QED) is 0.861. The normalized spacial score (nSPS) is 21.0. The van der Waals surface area contributed by atoms with Crippen LogP contribution in [0.1, 0.15) is 48.8 Å². The first-order chi connectivity index (χ1) is 11.6. The van der Waals surface area contributed by atoms with E-state index in [1.54, 1.807) is 6.20 Å². The van der Waals surface area contributed by atoms with Gasteiger partial charge in [-0.15, -0.1) is 0 Å². The van der Waals surface area contributed by atoms with E-state index in [2.05, 4.69) is 38.0 Å². The van der Waals surface area contributed by atoms with E-state index < -0.39 is 0 Å². The number of hydrogen-bond donors (Lipinski definition) is 0. The molecule has 1 fully saturated rings. The van der Waals surface area contributed by atoms with Crippen LogP contribution in [-0.4, -0.2) is 33.7 Å². The summed E-state index contributed by atoms with van der Waals surface area (Å²) in [5.74, 6) is 1.29. The molecule has 0 radical (unpaired) electrons.